The Labute approximate surface area is 174 Å². The number of allylic oxidation sites excluding steroid dienone is 1. The van der Waals surface area contributed by atoms with Gasteiger partial charge in [0.05, 0.1) is 15.5 Å². The molecule has 3 heterocycles. The SMILES string of the molecule is Cc1sc2ncnc(SC(C)/C(O)=C(\C#N)c3nc4ccccc4s3)c2c1C. The minimum atomic E-state index is -0.348. The van der Waals surface area contributed by atoms with Gasteiger partial charge in [-0.05, 0) is 38.5 Å². The van der Waals surface area contributed by atoms with Crippen molar-refractivity contribution < 1.29 is 5.11 Å². The third-order valence-electron chi connectivity index (χ3n) is 4.48. The summed E-state index contributed by atoms with van der Waals surface area (Å²) in [4.78, 5) is 15.4. The number of benzene rings is 1. The number of hydrogen-bond donors (Lipinski definition) is 1. The number of thiophene rings is 1. The number of hydrogen-bond acceptors (Lipinski definition) is 8. The maximum atomic E-state index is 10.8. The number of nitrogens with zero attached hydrogens (tertiary/aromatic N) is 4. The topological polar surface area (TPSA) is 82.7 Å². The Kier molecular flexibility index (Phi) is 5.06. The Hall–Kier alpha value is -2.47. The van der Waals surface area contributed by atoms with Gasteiger partial charge in [-0.25, -0.2) is 15.0 Å². The molecular formula is C20H16N4OS3. The second-order valence-corrected chi connectivity index (χ2v) is 9.82. The first kappa shape index (κ1) is 18.9. The van der Waals surface area contributed by atoms with Crippen LogP contribution in [0.2, 0.25) is 0 Å². The smallest absolute Gasteiger partial charge is 0.138 e. The highest BCUT2D eigenvalue weighted by Gasteiger charge is 2.22. The average molecular weight is 425 g/mol. The lowest BCUT2D eigenvalue weighted by Gasteiger charge is -2.12. The number of rotatable bonds is 4. The fraction of sp³-hybridized carbons (Fsp3) is 0.200. The number of fused-ring (bicyclic) bond motifs is 2. The number of nitriles is 1. The zero-order chi connectivity index (χ0) is 19.8. The first-order chi connectivity index (χ1) is 13.5. The van der Waals surface area contributed by atoms with Crippen molar-refractivity contribution in [1.29, 1.82) is 5.26 Å². The summed E-state index contributed by atoms with van der Waals surface area (Å²) in [7, 11) is 0. The normalized spacial score (nSPS) is 13.5. The molecule has 0 spiro atoms. The fourth-order valence-electron chi connectivity index (χ4n) is 2.86. The highest BCUT2D eigenvalue weighted by molar-refractivity contribution is 8.00. The molecule has 4 rings (SSSR count). The van der Waals surface area contributed by atoms with Gasteiger partial charge < -0.3 is 5.11 Å². The van der Waals surface area contributed by atoms with Crippen molar-refractivity contribution in [2.24, 2.45) is 0 Å². The standard InChI is InChI=1S/C20H16N4OS3/c1-10-11(2)26-19-16(10)20(23-9-22-19)27-12(3)17(25)13(8-21)18-24-14-6-4-5-7-15(14)28-18/h4-7,9,12,25H,1-3H3/b17-13-. The monoisotopic (exact) mass is 424 g/mol. The van der Waals surface area contributed by atoms with Gasteiger partial charge >= 0.3 is 0 Å². The van der Waals surface area contributed by atoms with Gasteiger partial charge in [-0.1, -0.05) is 23.9 Å². The number of aliphatic hydroxyl groups is 1. The summed E-state index contributed by atoms with van der Waals surface area (Å²) in [6.07, 6.45) is 1.55. The average Bonchev–Trinajstić information content (AvgIpc) is 3.23. The molecule has 1 aromatic carbocycles. The van der Waals surface area contributed by atoms with Crippen LogP contribution in [0.5, 0.6) is 0 Å². The van der Waals surface area contributed by atoms with Gasteiger partial charge in [-0.3, -0.25) is 0 Å². The van der Waals surface area contributed by atoms with E-state index >= 15 is 0 Å². The number of thiazole rings is 1. The second-order valence-electron chi connectivity index (χ2n) is 6.26. The van der Waals surface area contributed by atoms with E-state index in [1.807, 2.05) is 31.2 Å². The summed E-state index contributed by atoms with van der Waals surface area (Å²) in [5.41, 5.74) is 2.19. The molecule has 28 heavy (non-hydrogen) atoms. The lowest BCUT2D eigenvalue weighted by atomic mass is 10.2. The van der Waals surface area contributed by atoms with Crippen molar-refractivity contribution in [2.75, 3.05) is 0 Å². The minimum Gasteiger partial charge on any atom is -0.510 e. The Bertz CT molecular complexity index is 1230. The van der Waals surface area contributed by atoms with Crippen molar-refractivity contribution in [3.63, 3.8) is 0 Å². The van der Waals surface area contributed by atoms with Crippen LogP contribution in [-0.4, -0.2) is 25.3 Å². The van der Waals surface area contributed by atoms with Crippen molar-refractivity contribution in [2.45, 2.75) is 31.0 Å². The quantitative estimate of drug-likeness (QED) is 0.190. The number of para-hydroxylation sites is 1. The maximum absolute atomic E-state index is 10.8. The first-order valence-corrected chi connectivity index (χ1v) is 11.1. The third kappa shape index (κ3) is 3.26. The zero-order valence-electron chi connectivity index (χ0n) is 15.4. The predicted octanol–water partition coefficient (Wildman–Crippen LogP) is 5.89. The van der Waals surface area contributed by atoms with Crippen molar-refractivity contribution >= 4 is 60.4 Å². The second kappa shape index (κ2) is 7.51. The van der Waals surface area contributed by atoms with Crippen LogP contribution in [0.15, 0.2) is 41.4 Å². The van der Waals surface area contributed by atoms with E-state index in [4.69, 9.17) is 0 Å². The summed E-state index contributed by atoms with van der Waals surface area (Å²) in [6.45, 7) is 5.99. The van der Waals surface area contributed by atoms with Gasteiger partial charge in [-0.15, -0.1) is 22.7 Å². The molecule has 1 unspecified atom stereocenters. The van der Waals surface area contributed by atoms with E-state index in [1.54, 1.807) is 17.7 Å². The van der Waals surface area contributed by atoms with Crippen LogP contribution in [0.4, 0.5) is 0 Å². The van der Waals surface area contributed by atoms with E-state index in [2.05, 4.69) is 34.9 Å². The largest absolute Gasteiger partial charge is 0.510 e. The molecule has 4 aromatic rings. The molecule has 0 saturated carbocycles. The van der Waals surface area contributed by atoms with Crippen LogP contribution in [0.3, 0.4) is 0 Å². The predicted molar refractivity (Wildman–Crippen MR) is 117 cm³/mol. The lowest BCUT2D eigenvalue weighted by molar-refractivity contribution is 0.402. The number of aryl methyl sites for hydroxylation is 2. The summed E-state index contributed by atoms with van der Waals surface area (Å²) >= 11 is 4.47. The van der Waals surface area contributed by atoms with E-state index in [0.29, 0.717) is 5.01 Å². The first-order valence-electron chi connectivity index (χ1n) is 8.56. The highest BCUT2D eigenvalue weighted by atomic mass is 32.2. The van der Waals surface area contributed by atoms with Crippen LogP contribution in [0.25, 0.3) is 26.0 Å². The number of aliphatic hydroxyl groups excluding tert-OH is 1. The summed E-state index contributed by atoms with van der Waals surface area (Å²) in [6, 6.07) is 9.83. The zero-order valence-corrected chi connectivity index (χ0v) is 17.9. The van der Waals surface area contributed by atoms with Crippen LogP contribution < -0.4 is 0 Å². The van der Waals surface area contributed by atoms with Gasteiger partial charge in [0, 0.05) is 10.3 Å². The molecule has 0 radical (unpaired) electrons. The van der Waals surface area contributed by atoms with Gasteiger partial charge in [0.15, 0.2) is 0 Å². The molecule has 0 saturated heterocycles. The van der Waals surface area contributed by atoms with E-state index in [-0.39, 0.29) is 16.6 Å². The molecule has 1 N–H and O–H groups in total. The van der Waals surface area contributed by atoms with Gasteiger partial charge in [-0.2, -0.15) is 5.26 Å². The number of thioether (sulfide) groups is 1. The highest BCUT2D eigenvalue weighted by Crippen LogP contribution is 2.38. The molecule has 0 aliphatic heterocycles. The molecule has 0 fully saturated rings. The Morgan fingerprint density at radius 2 is 2.00 bits per heavy atom. The lowest BCUT2D eigenvalue weighted by Crippen LogP contribution is -2.04. The van der Waals surface area contributed by atoms with Crippen LogP contribution in [-0.2, 0) is 0 Å². The summed E-state index contributed by atoms with van der Waals surface area (Å²) in [5.74, 6) is 0.0166. The molecule has 1 atom stereocenters. The molecule has 0 amide bonds. The fourth-order valence-corrected chi connectivity index (χ4v) is 5.93. The minimum absolute atomic E-state index is 0.0166. The van der Waals surface area contributed by atoms with Gasteiger partial charge in [0.1, 0.15) is 38.6 Å². The Morgan fingerprint density at radius 3 is 2.75 bits per heavy atom. The Morgan fingerprint density at radius 1 is 1.21 bits per heavy atom. The van der Waals surface area contributed by atoms with Crippen molar-refractivity contribution in [3.8, 4) is 6.07 Å². The van der Waals surface area contributed by atoms with E-state index < -0.39 is 0 Å². The molecule has 0 aliphatic carbocycles. The molecule has 0 aliphatic rings. The van der Waals surface area contributed by atoms with E-state index in [9.17, 15) is 10.4 Å². The van der Waals surface area contributed by atoms with Crippen LogP contribution in [0, 0.1) is 25.2 Å². The Balaban J connectivity index is 1.72. The molecule has 8 heteroatoms. The van der Waals surface area contributed by atoms with Crippen LogP contribution in [0.1, 0.15) is 22.4 Å². The molecule has 140 valence electrons. The van der Waals surface area contributed by atoms with E-state index in [1.165, 1.54) is 28.0 Å². The molecule has 0 bridgehead atoms. The van der Waals surface area contributed by atoms with Crippen LogP contribution >= 0.6 is 34.4 Å². The van der Waals surface area contributed by atoms with Gasteiger partial charge in [0.2, 0.25) is 0 Å². The molecular weight excluding hydrogens is 408 g/mol. The summed E-state index contributed by atoms with van der Waals surface area (Å²) < 4.78 is 0.986. The maximum Gasteiger partial charge on any atom is 0.138 e. The van der Waals surface area contributed by atoms with Gasteiger partial charge in [0.25, 0.3) is 0 Å². The summed E-state index contributed by atoms with van der Waals surface area (Å²) in [5, 5.41) is 22.5. The third-order valence-corrected chi connectivity index (χ3v) is 7.76. The van der Waals surface area contributed by atoms with Crippen molar-refractivity contribution in [1.82, 2.24) is 15.0 Å². The van der Waals surface area contributed by atoms with E-state index in [0.717, 1.165) is 31.0 Å². The number of aromatic nitrogens is 3. The molecule has 3 aromatic heterocycles. The molecule has 5 nitrogen and oxygen atoms in total. The van der Waals surface area contributed by atoms with Crippen molar-refractivity contribution in [3.05, 3.63) is 51.8 Å².